The van der Waals surface area contributed by atoms with E-state index < -0.39 is 0 Å². The largest absolute Gasteiger partial charge is 0.493 e. The number of nitrogens with zero attached hydrogens (tertiary/aromatic N) is 2. The van der Waals surface area contributed by atoms with Crippen molar-refractivity contribution >= 4 is 29.0 Å². The summed E-state index contributed by atoms with van der Waals surface area (Å²) in [5, 5.41) is 4.97. The van der Waals surface area contributed by atoms with Crippen LogP contribution in [-0.4, -0.2) is 55.1 Å². The van der Waals surface area contributed by atoms with Crippen molar-refractivity contribution in [3.8, 4) is 11.5 Å². The lowest BCUT2D eigenvalue weighted by atomic mass is 10.1. The Labute approximate surface area is 224 Å². The summed E-state index contributed by atoms with van der Waals surface area (Å²) in [5.74, 6) is 1.24. The van der Waals surface area contributed by atoms with Crippen molar-refractivity contribution in [2.75, 3.05) is 32.6 Å². The lowest BCUT2D eigenvalue weighted by Gasteiger charge is -2.31. The zero-order chi connectivity index (χ0) is 26.8. The molecule has 37 heavy (non-hydrogen) atoms. The van der Waals surface area contributed by atoms with Gasteiger partial charge < -0.3 is 24.6 Å². The predicted octanol–water partition coefficient (Wildman–Crippen LogP) is 5.98. The van der Waals surface area contributed by atoms with Crippen LogP contribution < -0.4 is 14.8 Å². The summed E-state index contributed by atoms with van der Waals surface area (Å²) in [6.45, 7) is 6.98. The average Bonchev–Trinajstić information content (AvgIpc) is 3.42. The van der Waals surface area contributed by atoms with Gasteiger partial charge in [-0.3, -0.25) is 4.79 Å². The lowest BCUT2D eigenvalue weighted by molar-refractivity contribution is -0.132. The number of nitrogens with one attached hydrogen (secondary N) is 1. The Hall–Kier alpha value is -3.52. The number of ether oxygens (including phenoxy) is 2. The van der Waals surface area contributed by atoms with Gasteiger partial charge >= 0.3 is 6.03 Å². The van der Waals surface area contributed by atoms with E-state index >= 15 is 0 Å². The number of amides is 3. The Kier molecular flexibility index (Phi) is 10.4. The zero-order valence-electron chi connectivity index (χ0n) is 22.3. The minimum atomic E-state index is -0.274. The minimum Gasteiger partial charge on any atom is -0.493 e. The highest BCUT2D eigenvalue weighted by Crippen LogP contribution is 2.28. The Morgan fingerprint density at radius 2 is 1.81 bits per heavy atom. The molecule has 1 N–H and O–H groups in total. The van der Waals surface area contributed by atoms with Crippen LogP contribution in [0.1, 0.15) is 36.3 Å². The van der Waals surface area contributed by atoms with Gasteiger partial charge in [-0.2, -0.15) is 0 Å². The Morgan fingerprint density at radius 1 is 1.03 bits per heavy atom. The molecule has 0 aliphatic carbocycles. The standard InChI is InChI=1S/C29H37N3O4S/c1-6-22(3)32(29(34)30-24-10-7-9-21(2)17-24)20-28(33)31(19-25-11-8-16-37-25)15-14-23-12-13-26(35-4)27(18-23)36-5/h7-13,16-18,22H,6,14-15,19-20H2,1-5H3,(H,30,34). The number of anilines is 1. The van der Waals surface area contributed by atoms with Gasteiger partial charge in [-0.1, -0.05) is 31.2 Å². The van der Waals surface area contributed by atoms with Crippen molar-refractivity contribution in [3.63, 3.8) is 0 Å². The third-order valence-electron chi connectivity index (χ3n) is 6.36. The number of carbonyl (C=O) groups is 2. The molecule has 0 aliphatic rings. The van der Waals surface area contributed by atoms with Gasteiger partial charge in [0.15, 0.2) is 11.5 Å². The maximum Gasteiger partial charge on any atom is 0.322 e. The molecule has 7 nitrogen and oxygen atoms in total. The number of benzene rings is 2. The fourth-order valence-corrected chi connectivity index (χ4v) is 4.71. The van der Waals surface area contributed by atoms with Crippen LogP contribution in [-0.2, 0) is 17.8 Å². The number of hydrogen-bond donors (Lipinski definition) is 1. The fraction of sp³-hybridized carbons (Fsp3) is 0.379. The van der Waals surface area contributed by atoms with E-state index in [9.17, 15) is 9.59 Å². The van der Waals surface area contributed by atoms with Gasteiger partial charge in [-0.15, -0.1) is 11.3 Å². The van der Waals surface area contributed by atoms with Gasteiger partial charge in [-0.25, -0.2) is 4.79 Å². The molecule has 8 heteroatoms. The number of hydrogen-bond acceptors (Lipinski definition) is 5. The Bertz CT molecular complexity index is 1170. The third kappa shape index (κ3) is 7.98. The number of rotatable bonds is 12. The molecule has 0 fully saturated rings. The fourth-order valence-electron chi connectivity index (χ4n) is 3.99. The van der Waals surface area contributed by atoms with E-state index in [-0.39, 0.29) is 24.5 Å². The normalized spacial score (nSPS) is 11.5. The van der Waals surface area contributed by atoms with Crippen LogP contribution in [0.3, 0.4) is 0 Å². The van der Waals surface area contributed by atoms with Crippen LogP contribution >= 0.6 is 11.3 Å². The van der Waals surface area contributed by atoms with E-state index in [0.29, 0.717) is 31.0 Å². The molecule has 3 amide bonds. The predicted molar refractivity (Wildman–Crippen MR) is 150 cm³/mol. The van der Waals surface area contributed by atoms with Crippen LogP contribution in [0.15, 0.2) is 60.0 Å². The van der Waals surface area contributed by atoms with Crippen molar-refractivity contribution in [2.24, 2.45) is 0 Å². The smallest absolute Gasteiger partial charge is 0.322 e. The zero-order valence-corrected chi connectivity index (χ0v) is 23.1. The summed E-state index contributed by atoms with van der Waals surface area (Å²) in [7, 11) is 3.22. The quantitative estimate of drug-likeness (QED) is 0.317. The molecule has 0 aliphatic heterocycles. The molecular formula is C29H37N3O4S. The van der Waals surface area contributed by atoms with Crippen LogP contribution in [0.2, 0.25) is 0 Å². The van der Waals surface area contributed by atoms with Crippen molar-refractivity contribution in [3.05, 3.63) is 76.0 Å². The van der Waals surface area contributed by atoms with Crippen molar-refractivity contribution in [1.82, 2.24) is 9.80 Å². The maximum atomic E-state index is 13.6. The van der Waals surface area contributed by atoms with Gasteiger partial charge in [0.25, 0.3) is 0 Å². The number of urea groups is 1. The molecular weight excluding hydrogens is 486 g/mol. The first-order valence-electron chi connectivity index (χ1n) is 12.5. The molecule has 1 aromatic heterocycles. The van der Waals surface area contributed by atoms with E-state index in [0.717, 1.165) is 28.1 Å². The van der Waals surface area contributed by atoms with Crippen molar-refractivity contribution < 1.29 is 19.1 Å². The summed E-state index contributed by atoms with van der Waals surface area (Å²) in [6, 6.07) is 17.1. The van der Waals surface area contributed by atoms with E-state index in [4.69, 9.17) is 9.47 Å². The van der Waals surface area contributed by atoms with E-state index in [1.807, 2.05) is 85.6 Å². The highest BCUT2D eigenvalue weighted by molar-refractivity contribution is 7.09. The number of carbonyl (C=O) groups excluding carboxylic acids is 2. The molecule has 3 aromatic rings. The topological polar surface area (TPSA) is 71.1 Å². The first kappa shape index (κ1) is 28.1. The molecule has 2 aromatic carbocycles. The van der Waals surface area contributed by atoms with Crippen LogP contribution in [0.25, 0.3) is 0 Å². The lowest BCUT2D eigenvalue weighted by Crippen LogP contribution is -2.48. The second kappa shape index (κ2) is 13.7. The summed E-state index contributed by atoms with van der Waals surface area (Å²) in [6.07, 6.45) is 1.39. The van der Waals surface area contributed by atoms with Gasteiger partial charge in [0.2, 0.25) is 5.91 Å². The monoisotopic (exact) mass is 523 g/mol. The van der Waals surface area contributed by atoms with Crippen LogP contribution in [0, 0.1) is 6.92 Å². The average molecular weight is 524 g/mol. The van der Waals surface area contributed by atoms with E-state index in [1.165, 1.54) is 0 Å². The van der Waals surface area contributed by atoms with Crippen LogP contribution in [0.5, 0.6) is 11.5 Å². The molecule has 1 atom stereocenters. The van der Waals surface area contributed by atoms with Gasteiger partial charge in [0.1, 0.15) is 6.54 Å². The Balaban J connectivity index is 1.76. The minimum absolute atomic E-state index is 0.00393. The number of methoxy groups -OCH3 is 2. The molecule has 0 saturated heterocycles. The first-order chi connectivity index (χ1) is 17.8. The molecule has 3 rings (SSSR count). The third-order valence-corrected chi connectivity index (χ3v) is 7.22. The summed E-state index contributed by atoms with van der Waals surface area (Å²) < 4.78 is 10.8. The molecule has 198 valence electrons. The molecule has 0 radical (unpaired) electrons. The highest BCUT2D eigenvalue weighted by Gasteiger charge is 2.25. The molecule has 0 spiro atoms. The second-order valence-corrected chi connectivity index (χ2v) is 10.1. The summed E-state index contributed by atoms with van der Waals surface area (Å²) in [5.41, 5.74) is 2.81. The second-order valence-electron chi connectivity index (χ2n) is 9.02. The molecule has 1 unspecified atom stereocenters. The van der Waals surface area contributed by atoms with Crippen LogP contribution in [0.4, 0.5) is 10.5 Å². The number of aryl methyl sites for hydroxylation is 1. The molecule has 1 heterocycles. The maximum absolute atomic E-state index is 13.6. The van der Waals surface area contributed by atoms with E-state index in [1.54, 1.807) is 30.5 Å². The van der Waals surface area contributed by atoms with Gasteiger partial charge in [0.05, 0.1) is 20.8 Å². The summed E-state index contributed by atoms with van der Waals surface area (Å²) >= 11 is 1.62. The SMILES string of the molecule is CCC(C)N(CC(=O)N(CCc1ccc(OC)c(OC)c1)Cc1cccs1)C(=O)Nc1cccc(C)c1. The molecule has 0 bridgehead atoms. The first-order valence-corrected chi connectivity index (χ1v) is 13.4. The highest BCUT2D eigenvalue weighted by atomic mass is 32.1. The van der Waals surface area contributed by atoms with Crippen molar-refractivity contribution in [2.45, 2.75) is 46.2 Å². The number of thiophene rings is 1. The van der Waals surface area contributed by atoms with Crippen molar-refractivity contribution in [1.29, 1.82) is 0 Å². The van der Waals surface area contributed by atoms with Gasteiger partial charge in [0, 0.05) is 23.2 Å². The van der Waals surface area contributed by atoms with E-state index in [2.05, 4.69) is 5.32 Å². The Morgan fingerprint density at radius 3 is 2.46 bits per heavy atom. The summed E-state index contributed by atoms with van der Waals surface area (Å²) in [4.78, 5) is 31.4. The molecule has 0 saturated carbocycles. The van der Waals surface area contributed by atoms with Gasteiger partial charge in [-0.05, 0) is 73.5 Å².